The second-order valence-corrected chi connectivity index (χ2v) is 6.63. The molecule has 2 aromatic carbocycles. The maximum Gasteiger partial charge on any atom is 0.337 e. The number of nitrogens with one attached hydrogen (secondary N) is 1. The van der Waals surface area contributed by atoms with Crippen LogP contribution in [0, 0.1) is 6.92 Å². The lowest BCUT2D eigenvalue weighted by molar-refractivity contribution is 0.0697. The number of benzene rings is 2. The summed E-state index contributed by atoms with van der Waals surface area (Å²) < 4.78 is 37.6. The summed E-state index contributed by atoms with van der Waals surface area (Å²) in [5, 5.41) is 9.28. The number of aryl methyl sites for hydroxylation is 1. The van der Waals surface area contributed by atoms with E-state index in [1.54, 1.807) is 19.1 Å². The van der Waals surface area contributed by atoms with Crippen LogP contribution in [0.2, 0.25) is 0 Å². The molecule has 0 amide bonds. The molecule has 2 N–H and O–H groups in total. The lowest BCUT2D eigenvalue weighted by Crippen LogP contribution is -2.16. The van der Waals surface area contributed by atoms with Crippen molar-refractivity contribution in [1.29, 1.82) is 0 Å². The zero-order valence-corrected chi connectivity index (χ0v) is 14.2. The van der Waals surface area contributed by atoms with Crippen molar-refractivity contribution < 1.29 is 27.8 Å². The average Bonchev–Trinajstić information content (AvgIpc) is 2.54. The molecular weight excluding hydrogens is 334 g/mol. The van der Waals surface area contributed by atoms with Crippen molar-refractivity contribution in [1.82, 2.24) is 0 Å². The van der Waals surface area contributed by atoms with Crippen LogP contribution in [0.3, 0.4) is 0 Å². The van der Waals surface area contributed by atoms with E-state index in [-0.39, 0.29) is 21.9 Å². The highest BCUT2D eigenvalue weighted by Crippen LogP contribution is 2.29. The number of carboxylic acid groups (broad SMARTS) is 1. The van der Waals surface area contributed by atoms with E-state index < -0.39 is 16.0 Å². The first-order valence-corrected chi connectivity index (χ1v) is 8.35. The molecule has 0 aromatic heterocycles. The highest BCUT2D eigenvalue weighted by molar-refractivity contribution is 7.92. The molecule has 0 bridgehead atoms. The van der Waals surface area contributed by atoms with Crippen molar-refractivity contribution in [3.8, 4) is 11.5 Å². The number of aromatic carboxylic acids is 1. The van der Waals surface area contributed by atoms with Gasteiger partial charge in [0.1, 0.15) is 16.4 Å². The van der Waals surface area contributed by atoms with E-state index in [4.69, 9.17) is 9.47 Å². The largest absolute Gasteiger partial charge is 0.497 e. The zero-order chi connectivity index (χ0) is 17.9. The summed E-state index contributed by atoms with van der Waals surface area (Å²) >= 11 is 0. The monoisotopic (exact) mass is 351 g/mol. The van der Waals surface area contributed by atoms with E-state index in [1.807, 2.05) is 0 Å². The van der Waals surface area contributed by atoms with Crippen LogP contribution in [-0.4, -0.2) is 33.7 Å². The molecule has 8 heteroatoms. The molecule has 2 aromatic rings. The van der Waals surface area contributed by atoms with Crippen molar-refractivity contribution in [2.24, 2.45) is 0 Å². The maximum atomic E-state index is 12.6. The second kappa shape index (κ2) is 6.79. The Morgan fingerprint density at radius 1 is 1.08 bits per heavy atom. The normalized spacial score (nSPS) is 11.0. The average molecular weight is 351 g/mol. The van der Waals surface area contributed by atoms with Crippen LogP contribution in [0.4, 0.5) is 5.69 Å². The first-order valence-electron chi connectivity index (χ1n) is 6.87. The second-order valence-electron chi connectivity index (χ2n) is 4.98. The Bertz CT molecular complexity index is 876. The SMILES string of the molecule is COc1ccc(NS(=O)(=O)c2ccc(C)cc2OC)c(C(=O)O)c1. The van der Waals surface area contributed by atoms with Crippen LogP contribution >= 0.6 is 0 Å². The first-order chi connectivity index (χ1) is 11.3. The van der Waals surface area contributed by atoms with Gasteiger partial charge in [-0.2, -0.15) is 0 Å². The fourth-order valence-corrected chi connectivity index (χ4v) is 3.34. The molecule has 2 rings (SSSR count). The Labute approximate surface area is 139 Å². The predicted molar refractivity (Wildman–Crippen MR) is 88.5 cm³/mol. The highest BCUT2D eigenvalue weighted by atomic mass is 32.2. The van der Waals surface area contributed by atoms with E-state index in [1.165, 1.54) is 38.5 Å². The fourth-order valence-electron chi connectivity index (χ4n) is 2.11. The summed E-state index contributed by atoms with van der Waals surface area (Å²) in [7, 11) is -1.27. The van der Waals surface area contributed by atoms with Crippen molar-refractivity contribution in [3.63, 3.8) is 0 Å². The van der Waals surface area contributed by atoms with Gasteiger partial charge in [0.2, 0.25) is 0 Å². The quantitative estimate of drug-likeness (QED) is 0.829. The smallest absolute Gasteiger partial charge is 0.337 e. The number of rotatable bonds is 6. The summed E-state index contributed by atoms with van der Waals surface area (Å²) in [4.78, 5) is 11.3. The third-order valence-electron chi connectivity index (χ3n) is 3.31. The third kappa shape index (κ3) is 3.60. The van der Waals surface area contributed by atoms with Crippen molar-refractivity contribution in [3.05, 3.63) is 47.5 Å². The minimum atomic E-state index is -4.03. The number of ether oxygens (including phenoxy) is 2. The van der Waals surface area contributed by atoms with Gasteiger partial charge in [-0.15, -0.1) is 0 Å². The Balaban J connectivity index is 2.49. The number of carbonyl (C=O) groups is 1. The van der Waals surface area contributed by atoms with Crippen molar-refractivity contribution in [2.45, 2.75) is 11.8 Å². The van der Waals surface area contributed by atoms with Crippen LogP contribution in [0.15, 0.2) is 41.3 Å². The van der Waals surface area contributed by atoms with E-state index in [0.717, 1.165) is 5.56 Å². The number of hydrogen-bond donors (Lipinski definition) is 2. The van der Waals surface area contributed by atoms with E-state index in [2.05, 4.69) is 4.72 Å². The minimum Gasteiger partial charge on any atom is -0.497 e. The van der Waals surface area contributed by atoms with Crippen LogP contribution in [0.1, 0.15) is 15.9 Å². The van der Waals surface area contributed by atoms with Gasteiger partial charge in [0.25, 0.3) is 10.0 Å². The number of sulfonamides is 1. The van der Waals surface area contributed by atoms with E-state index >= 15 is 0 Å². The van der Waals surface area contributed by atoms with E-state index in [0.29, 0.717) is 5.75 Å². The molecule has 24 heavy (non-hydrogen) atoms. The molecular formula is C16H17NO6S. The van der Waals surface area contributed by atoms with Crippen LogP contribution in [0.5, 0.6) is 11.5 Å². The first kappa shape index (κ1) is 17.6. The fraction of sp³-hybridized carbons (Fsp3) is 0.188. The van der Waals surface area contributed by atoms with Gasteiger partial charge in [0.15, 0.2) is 0 Å². The van der Waals surface area contributed by atoms with Crippen molar-refractivity contribution in [2.75, 3.05) is 18.9 Å². The lowest BCUT2D eigenvalue weighted by Gasteiger charge is -2.14. The Morgan fingerprint density at radius 3 is 2.38 bits per heavy atom. The number of methoxy groups -OCH3 is 2. The van der Waals surface area contributed by atoms with Gasteiger partial charge < -0.3 is 14.6 Å². The molecule has 0 atom stereocenters. The standard InChI is InChI=1S/C16H17NO6S/c1-10-4-7-15(14(8-10)23-3)24(20,21)17-13-6-5-11(22-2)9-12(13)16(18)19/h4-9,17H,1-3H3,(H,18,19). The molecule has 0 saturated carbocycles. The molecule has 0 heterocycles. The Kier molecular flexibility index (Phi) is 4.99. The van der Waals surface area contributed by atoms with Crippen LogP contribution < -0.4 is 14.2 Å². The van der Waals surface area contributed by atoms with Gasteiger partial charge in [-0.25, -0.2) is 13.2 Å². The van der Waals surface area contributed by atoms with Crippen LogP contribution in [0.25, 0.3) is 0 Å². The number of anilines is 1. The van der Waals surface area contributed by atoms with Gasteiger partial charge >= 0.3 is 5.97 Å². The minimum absolute atomic E-state index is 0.0640. The molecule has 0 spiro atoms. The van der Waals surface area contributed by atoms with Gasteiger partial charge in [-0.3, -0.25) is 4.72 Å². The molecule has 0 unspecified atom stereocenters. The molecule has 0 aliphatic heterocycles. The molecule has 0 aliphatic rings. The summed E-state index contributed by atoms with van der Waals surface area (Å²) in [5.74, 6) is -0.793. The van der Waals surface area contributed by atoms with Crippen LogP contribution in [-0.2, 0) is 10.0 Å². The van der Waals surface area contributed by atoms with Gasteiger partial charge in [-0.1, -0.05) is 6.07 Å². The zero-order valence-electron chi connectivity index (χ0n) is 13.4. The summed E-state index contributed by atoms with van der Waals surface area (Å²) in [5.41, 5.74) is 0.552. The summed E-state index contributed by atoms with van der Waals surface area (Å²) in [6, 6.07) is 8.66. The Morgan fingerprint density at radius 2 is 1.79 bits per heavy atom. The van der Waals surface area contributed by atoms with Gasteiger partial charge in [0.05, 0.1) is 25.5 Å². The molecule has 0 radical (unpaired) electrons. The molecule has 0 saturated heterocycles. The highest BCUT2D eigenvalue weighted by Gasteiger charge is 2.22. The summed E-state index contributed by atoms with van der Waals surface area (Å²) in [6.45, 7) is 1.80. The van der Waals surface area contributed by atoms with Crippen molar-refractivity contribution >= 4 is 21.7 Å². The molecule has 128 valence electrons. The summed E-state index contributed by atoms with van der Waals surface area (Å²) in [6.07, 6.45) is 0. The maximum absolute atomic E-state index is 12.6. The molecule has 0 aliphatic carbocycles. The Hall–Kier alpha value is -2.74. The third-order valence-corrected chi connectivity index (χ3v) is 4.72. The van der Waals surface area contributed by atoms with Gasteiger partial charge in [-0.05, 0) is 42.8 Å². The predicted octanol–water partition coefficient (Wildman–Crippen LogP) is 2.51. The molecule has 7 nitrogen and oxygen atoms in total. The molecule has 0 fully saturated rings. The topological polar surface area (TPSA) is 102 Å². The van der Waals surface area contributed by atoms with Gasteiger partial charge in [0, 0.05) is 0 Å². The number of hydrogen-bond acceptors (Lipinski definition) is 5. The lowest BCUT2D eigenvalue weighted by atomic mass is 10.2. The number of carboxylic acids is 1. The van der Waals surface area contributed by atoms with E-state index in [9.17, 15) is 18.3 Å².